The lowest BCUT2D eigenvalue weighted by molar-refractivity contribution is -0.384. The van der Waals surface area contributed by atoms with Crippen molar-refractivity contribution in [2.24, 2.45) is 0 Å². The normalized spacial score (nSPS) is 10.3. The topological polar surface area (TPSA) is 90.2 Å². The number of halogens is 1. The molecule has 0 fully saturated rings. The summed E-state index contributed by atoms with van der Waals surface area (Å²) in [4.78, 5) is 38.0. The Morgan fingerprint density at radius 3 is 2.52 bits per heavy atom. The minimum absolute atomic E-state index is 0.00547. The zero-order valence-corrected chi connectivity index (χ0v) is 13.0. The Morgan fingerprint density at radius 2 is 1.96 bits per heavy atom. The Morgan fingerprint density at radius 1 is 1.22 bits per heavy atom. The third-order valence-electron chi connectivity index (χ3n) is 3.26. The van der Waals surface area contributed by atoms with Crippen LogP contribution in [0.1, 0.15) is 39.8 Å². The molecule has 0 bridgehead atoms. The van der Waals surface area contributed by atoms with Gasteiger partial charge >= 0.3 is 0 Å². The zero-order chi connectivity index (χ0) is 17.0. The third-order valence-corrected chi connectivity index (χ3v) is 3.59. The molecule has 1 aromatic carbocycles. The van der Waals surface area contributed by atoms with Crippen LogP contribution in [0.4, 0.5) is 5.69 Å². The largest absolute Gasteiger partial charge is 0.294 e. The Balaban J connectivity index is 2.20. The van der Waals surface area contributed by atoms with Crippen LogP contribution in [0.3, 0.4) is 0 Å². The molecule has 118 valence electrons. The Labute approximate surface area is 137 Å². The van der Waals surface area contributed by atoms with Crippen molar-refractivity contribution < 1.29 is 14.5 Å². The summed E-state index contributed by atoms with van der Waals surface area (Å²) in [5.41, 5.74) is 0.844. The highest BCUT2D eigenvalue weighted by Crippen LogP contribution is 2.23. The molecule has 0 saturated heterocycles. The van der Waals surface area contributed by atoms with Crippen LogP contribution in [-0.2, 0) is 6.42 Å². The van der Waals surface area contributed by atoms with Crippen molar-refractivity contribution in [3.63, 3.8) is 0 Å². The molecule has 7 heteroatoms. The fourth-order valence-electron chi connectivity index (χ4n) is 2.00. The second-order valence-electron chi connectivity index (χ2n) is 4.85. The molecule has 0 spiro atoms. The quantitative estimate of drug-likeness (QED) is 0.457. The van der Waals surface area contributed by atoms with E-state index in [-0.39, 0.29) is 34.3 Å². The number of nitro groups is 1. The Kier molecular flexibility index (Phi) is 5.18. The maximum absolute atomic E-state index is 12.3. The molecule has 0 unspecified atom stereocenters. The van der Waals surface area contributed by atoms with Gasteiger partial charge < -0.3 is 0 Å². The number of carbonyl (C=O) groups excluding carboxylic acids is 2. The van der Waals surface area contributed by atoms with Gasteiger partial charge in [0, 0.05) is 36.7 Å². The fraction of sp³-hybridized carbons (Fsp3) is 0.188. The number of ketones is 2. The summed E-state index contributed by atoms with van der Waals surface area (Å²) in [6.45, 7) is 1.74. The molecule has 0 saturated carbocycles. The van der Waals surface area contributed by atoms with E-state index in [2.05, 4.69) is 4.98 Å². The van der Waals surface area contributed by atoms with Crippen LogP contribution < -0.4 is 0 Å². The van der Waals surface area contributed by atoms with E-state index in [1.165, 1.54) is 18.3 Å². The standard InChI is InChI=1S/C16H13ClN2O4/c1-2-15(20)14-6-3-10(9-18-14)7-16(21)12-8-11(19(22)23)4-5-13(12)17/h3-6,8-9H,2,7H2,1H3. The highest BCUT2D eigenvalue weighted by molar-refractivity contribution is 6.34. The summed E-state index contributed by atoms with van der Waals surface area (Å²) in [5, 5.41) is 10.9. The van der Waals surface area contributed by atoms with E-state index in [0.717, 1.165) is 6.07 Å². The molecule has 1 aromatic heterocycles. The summed E-state index contributed by atoms with van der Waals surface area (Å²) in [7, 11) is 0. The number of Topliss-reactive ketones (excluding diaryl/α,β-unsaturated/α-hetero) is 2. The van der Waals surface area contributed by atoms with Crippen LogP contribution in [-0.4, -0.2) is 21.5 Å². The van der Waals surface area contributed by atoms with Crippen LogP contribution in [0.25, 0.3) is 0 Å². The highest BCUT2D eigenvalue weighted by atomic mass is 35.5. The molecular weight excluding hydrogens is 320 g/mol. The third kappa shape index (κ3) is 3.98. The molecule has 0 aliphatic rings. The van der Waals surface area contributed by atoms with Gasteiger partial charge in [-0.15, -0.1) is 0 Å². The van der Waals surface area contributed by atoms with Crippen molar-refractivity contribution >= 4 is 28.9 Å². The maximum atomic E-state index is 12.3. The lowest BCUT2D eigenvalue weighted by Gasteiger charge is -2.05. The molecule has 0 amide bonds. The van der Waals surface area contributed by atoms with Gasteiger partial charge in [-0.2, -0.15) is 0 Å². The van der Waals surface area contributed by atoms with Gasteiger partial charge in [0.15, 0.2) is 11.6 Å². The summed E-state index contributed by atoms with van der Waals surface area (Å²) in [6.07, 6.45) is 1.80. The van der Waals surface area contributed by atoms with Crippen molar-refractivity contribution in [3.8, 4) is 0 Å². The first-order chi connectivity index (χ1) is 10.9. The molecule has 2 rings (SSSR count). The van der Waals surface area contributed by atoms with E-state index in [1.54, 1.807) is 19.1 Å². The molecule has 0 N–H and O–H groups in total. The van der Waals surface area contributed by atoms with E-state index in [0.29, 0.717) is 17.7 Å². The van der Waals surface area contributed by atoms with Gasteiger partial charge in [0.1, 0.15) is 5.69 Å². The van der Waals surface area contributed by atoms with Crippen LogP contribution in [0, 0.1) is 10.1 Å². The number of rotatable bonds is 6. The number of benzene rings is 1. The molecule has 0 atom stereocenters. The fourth-order valence-corrected chi connectivity index (χ4v) is 2.22. The number of nitrogens with zero attached hydrogens (tertiary/aromatic N) is 2. The summed E-state index contributed by atoms with van der Waals surface area (Å²) >= 11 is 5.94. The number of nitro benzene ring substituents is 1. The Hall–Kier alpha value is -2.60. The van der Waals surface area contributed by atoms with Crippen molar-refractivity contribution in [3.05, 3.63) is 68.5 Å². The van der Waals surface area contributed by atoms with Gasteiger partial charge in [-0.3, -0.25) is 24.7 Å². The van der Waals surface area contributed by atoms with Gasteiger partial charge in [0.05, 0.1) is 9.95 Å². The van der Waals surface area contributed by atoms with Crippen molar-refractivity contribution in [1.82, 2.24) is 4.98 Å². The van der Waals surface area contributed by atoms with E-state index < -0.39 is 4.92 Å². The zero-order valence-electron chi connectivity index (χ0n) is 12.3. The van der Waals surface area contributed by atoms with Gasteiger partial charge in [-0.25, -0.2) is 0 Å². The van der Waals surface area contributed by atoms with Crippen LogP contribution in [0.5, 0.6) is 0 Å². The maximum Gasteiger partial charge on any atom is 0.270 e. The number of pyridine rings is 1. The molecular formula is C16H13ClN2O4. The lowest BCUT2D eigenvalue weighted by Crippen LogP contribution is -2.07. The van der Waals surface area contributed by atoms with Gasteiger partial charge in [-0.05, 0) is 17.7 Å². The van der Waals surface area contributed by atoms with Gasteiger partial charge in [0.25, 0.3) is 5.69 Å². The van der Waals surface area contributed by atoms with E-state index in [1.807, 2.05) is 0 Å². The van der Waals surface area contributed by atoms with Crippen molar-refractivity contribution in [2.75, 3.05) is 0 Å². The highest BCUT2D eigenvalue weighted by Gasteiger charge is 2.16. The second kappa shape index (κ2) is 7.11. The summed E-state index contributed by atoms with van der Waals surface area (Å²) < 4.78 is 0. The predicted molar refractivity (Wildman–Crippen MR) is 85.0 cm³/mol. The summed E-state index contributed by atoms with van der Waals surface area (Å²) in [5.74, 6) is -0.431. The smallest absolute Gasteiger partial charge is 0.270 e. The van der Waals surface area contributed by atoms with Crippen LogP contribution >= 0.6 is 11.6 Å². The van der Waals surface area contributed by atoms with Crippen molar-refractivity contribution in [2.45, 2.75) is 19.8 Å². The molecule has 2 aromatic rings. The number of aromatic nitrogens is 1. The van der Waals surface area contributed by atoms with Crippen molar-refractivity contribution in [1.29, 1.82) is 0 Å². The molecule has 0 aliphatic heterocycles. The van der Waals surface area contributed by atoms with E-state index >= 15 is 0 Å². The second-order valence-corrected chi connectivity index (χ2v) is 5.26. The minimum atomic E-state index is -0.584. The minimum Gasteiger partial charge on any atom is -0.294 e. The van der Waals surface area contributed by atoms with Crippen LogP contribution in [0.2, 0.25) is 5.02 Å². The molecule has 6 nitrogen and oxygen atoms in total. The van der Waals surface area contributed by atoms with E-state index in [9.17, 15) is 19.7 Å². The van der Waals surface area contributed by atoms with Gasteiger partial charge in [0.2, 0.25) is 0 Å². The first-order valence-electron chi connectivity index (χ1n) is 6.87. The molecule has 1 heterocycles. The number of hydrogen-bond acceptors (Lipinski definition) is 5. The van der Waals surface area contributed by atoms with E-state index in [4.69, 9.17) is 11.6 Å². The summed E-state index contributed by atoms with van der Waals surface area (Å²) in [6, 6.07) is 6.93. The monoisotopic (exact) mass is 332 g/mol. The SMILES string of the molecule is CCC(=O)c1ccc(CC(=O)c2cc([N+](=O)[O-])ccc2Cl)cn1. The molecule has 23 heavy (non-hydrogen) atoms. The lowest BCUT2D eigenvalue weighted by atomic mass is 10.0. The molecule has 0 radical (unpaired) electrons. The number of carbonyl (C=O) groups is 2. The average Bonchev–Trinajstić information content (AvgIpc) is 2.54. The first kappa shape index (κ1) is 16.8. The first-order valence-corrected chi connectivity index (χ1v) is 7.25. The van der Waals surface area contributed by atoms with Gasteiger partial charge in [-0.1, -0.05) is 24.6 Å². The number of hydrogen-bond donors (Lipinski definition) is 0. The predicted octanol–water partition coefficient (Wildman–Crippen LogP) is 3.66. The average molecular weight is 333 g/mol. The number of non-ortho nitro benzene ring substituents is 1. The van der Waals surface area contributed by atoms with Crippen LogP contribution in [0.15, 0.2) is 36.5 Å². The molecule has 0 aliphatic carbocycles. The Bertz CT molecular complexity index is 772.